The smallest absolute Gasteiger partial charge is 0.387 e. The Labute approximate surface area is 157 Å². The number of hydrogen-bond acceptors (Lipinski definition) is 5. The van der Waals surface area contributed by atoms with E-state index < -0.39 is 6.61 Å². The summed E-state index contributed by atoms with van der Waals surface area (Å²) >= 11 is 0. The van der Waals surface area contributed by atoms with Gasteiger partial charge in [0.05, 0.1) is 0 Å². The maximum atomic E-state index is 12.7. The van der Waals surface area contributed by atoms with Crippen molar-refractivity contribution in [3.8, 4) is 17.2 Å². The van der Waals surface area contributed by atoms with Crippen LogP contribution >= 0.6 is 0 Å². The molecule has 9 heteroatoms. The highest BCUT2D eigenvalue weighted by atomic mass is 19.3. The van der Waals surface area contributed by atoms with E-state index in [0.29, 0.717) is 36.2 Å². The Hall–Kier alpha value is -2.29. The van der Waals surface area contributed by atoms with Gasteiger partial charge in [-0.05, 0) is 31.2 Å². The second kappa shape index (κ2) is 9.59. The molecule has 0 aromatic heterocycles. The first-order valence-electron chi connectivity index (χ1n) is 9.05. The van der Waals surface area contributed by atoms with Gasteiger partial charge in [0.15, 0.2) is 17.5 Å². The van der Waals surface area contributed by atoms with Gasteiger partial charge in [-0.25, -0.2) is 0 Å². The van der Waals surface area contributed by atoms with E-state index in [-0.39, 0.29) is 19.1 Å². The Bertz CT molecular complexity index is 654. The van der Waals surface area contributed by atoms with Crippen molar-refractivity contribution in [2.75, 3.05) is 33.6 Å². The van der Waals surface area contributed by atoms with Crippen LogP contribution in [0.4, 0.5) is 8.78 Å². The highest BCUT2D eigenvalue weighted by molar-refractivity contribution is 5.79. The number of guanidine groups is 1. The van der Waals surface area contributed by atoms with Crippen LogP contribution in [0, 0.1) is 5.92 Å². The topological polar surface area (TPSA) is 73.3 Å². The number of aliphatic imine (C=N–C) groups is 1. The third kappa shape index (κ3) is 6.13. The molecule has 27 heavy (non-hydrogen) atoms. The fourth-order valence-electron chi connectivity index (χ4n) is 2.62. The molecule has 3 rings (SSSR count). The number of benzene rings is 1. The third-order valence-corrected chi connectivity index (χ3v) is 4.25. The summed E-state index contributed by atoms with van der Waals surface area (Å²) in [6.07, 6.45) is 3.43. The number of alkyl halides is 2. The van der Waals surface area contributed by atoms with Gasteiger partial charge in [0, 0.05) is 45.0 Å². The summed E-state index contributed by atoms with van der Waals surface area (Å²) in [7, 11) is 1.65. The third-order valence-electron chi connectivity index (χ3n) is 4.25. The first-order valence-corrected chi connectivity index (χ1v) is 9.05. The van der Waals surface area contributed by atoms with Crippen molar-refractivity contribution >= 4 is 5.96 Å². The van der Waals surface area contributed by atoms with Gasteiger partial charge in [-0.3, -0.25) is 4.99 Å². The van der Waals surface area contributed by atoms with Gasteiger partial charge in [-0.15, -0.1) is 0 Å². The minimum atomic E-state index is -2.92. The molecule has 1 heterocycles. The molecule has 1 aliphatic carbocycles. The molecule has 0 unspecified atom stereocenters. The van der Waals surface area contributed by atoms with E-state index >= 15 is 0 Å². The molecule has 7 nitrogen and oxygen atoms in total. The second-order valence-corrected chi connectivity index (χ2v) is 6.42. The molecule has 0 bridgehead atoms. The van der Waals surface area contributed by atoms with Crippen LogP contribution in [0.25, 0.3) is 0 Å². The predicted molar refractivity (Wildman–Crippen MR) is 95.6 cm³/mol. The van der Waals surface area contributed by atoms with Crippen molar-refractivity contribution < 1.29 is 27.7 Å². The molecule has 1 aromatic carbocycles. The van der Waals surface area contributed by atoms with Crippen LogP contribution in [0.2, 0.25) is 0 Å². The predicted octanol–water partition coefficient (Wildman–Crippen LogP) is 2.50. The van der Waals surface area contributed by atoms with Crippen molar-refractivity contribution in [3.05, 3.63) is 17.7 Å². The summed E-state index contributed by atoms with van der Waals surface area (Å²) in [6, 6.07) is 3.05. The largest absolute Gasteiger partial charge is 0.454 e. The van der Waals surface area contributed by atoms with E-state index in [1.807, 2.05) is 0 Å². The molecule has 0 saturated heterocycles. The average molecular weight is 385 g/mol. The normalized spacial score (nSPS) is 15.9. The van der Waals surface area contributed by atoms with Crippen LogP contribution in [0.1, 0.15) is 24.8 Å². The monoisotopic (exact) mass is 385 g/mol. The molecule has 0 atom stereocenters. The molecule has 1 fully saturated rings. The molecular formula is C18H25F2N3O4. The molecule has 2 N–H and O–H groups in total. The number of ether oxygens (including phenoxy) is 4. The van der Waals surface area contributed by atoms with E-state index in [9.17, 15) is 8.78 Å². The lowest BCUT2D eigenvalue weighted by Gasteiger charge is -2.15. The first kappa shape index (κ1) is 19.5. The van der Waals surface area contributed by atoms with Crippen LogP contribution in [-0.2, 0) is 11.3 Å². The Morgan fingerprint density at radius 2 is 2.04 bits per heavy atom. The Morgan fingerprint density at radius 3 is 2.74 bits per heavy atom. The lowest BCUT2D eigenvalue weighted by molar-refractivity contribution is -0.0505. The van der Waals surface area contributed by atoms with Crippen molar-refractivity contribution in [2.24, 2.45) is 10.9 Å². The van der Waals surface area contributed by atoms with Crippen molar-refractivity contribution in [2.45, 2.75) is 32.4 Å². The summed E-state index contributed by atoms with van der Waals surface area (Å²) < 4.78 is 46.1. The maximum Gasteiger partial charge on any atom is 0.387 e. The molecule has 0 radical (unpaired) electrons. The average Bonchev–Trinajstić information content (AvgIpc) is 3.36. The first-order chi connectivity index (χ1) is 13.2. The summed E-state index contributed by atoms with van der Waals surface area (Å²) in [5.74, 6) is 2.27. The van der Waals surface area contributed by atoms with Gasteiger partial charge in [-0.2, -0.15) is 8.78 Å². The minimum absolute atomic E-state index is 0.0469. The molecular weight excluding hydrogens is 360 g/mol. The fourth-order valence-corrected chi connectivity index (χ4v) is 2.62. The standard InChI is InChI=1S/C18H25F2N3O4/c1-21-18(22-5-2-6-24-10-12-3-4-12)23-9-13-7-15-16(26-11-25-15)8-14(13)27-17(19)20/h7-8,12,17H,2-6,9-11H2,1H3,(H2,21,22,23). The number of rotatable bonds is 10. The highest BCUT2D eigenvalue weighted by Gasteiger charge is 2.21. The number of halogens is 2. The molecule has 0 amide bonds. The van der Waals surface area contributed by atoms with E-state index in [0.717, 1.165) is 18.9 Å². The zero-order chi connectivity index (χ0) is 19.1. The van der Waals surface area contributed by atoms with Crippen LogP contribution in [0.3, 0.4) is 0 Å². The van der Waals surface area contributed by atoms with Crippen molar-refractivity contribution in [1.82, 2.24) is 10.6 Å². The van der Waals surface area contributed by atoms with Gasteiger partial charge in [0.2, 0.25) is 6.79 Å². The zero-order valence-corrected chi connectivity index (χ0v) is 15.3. The molecule has 0 spiro atoms. The summed E-state index contributed by atoms with van der Waals surface area (Å²) in [5, 5.41) is 6.26. The molecule has 1 aromatic rings. The maximum absolute atomic E-state index is 12.7. The van der Waals surface area contributed by atoms with Crippen LogP contribution in [0.5, 0.6) is 17.2 Å². The molecule has 2 aliphatic rings. The quantitative estimate of drug-likeness (QED) is 0.366. The van der Waals surface area contributed by atoms with Crippen LogP contribution in [0.15, 0.2) is 17.1 Å². The van der Waals surface area contributed by atoms with E-state index in [1.54, 1.807) is 13.1 Å². The molecule has 1 aliphatic heterocycles. The number of nitrogens with one attached hydrogen (secondary N) is 2. The fraction of sp³-hybridized carbons (Fsp3) is 0.611. The van der Waals surface area contributed by atoms with Gasteiger partial charge in [0.1, 0.15) is 5.75 Å². The van der Waals surface area contributed by atoms with Crippen molar-refractivity contribution in [1.29, 1.82) is 0 Å². The van der Waals surface area contributed by atoms with Crippen LogP contribution in [-0.4, -0.2) is 46.2 Å². The van der Waals surface area contributed by atoms with E-state index in [1.165, 1.54) is 18.9 Å². The van der Waals surface area contributed by atoms with Gasteiger partial charge in [0.25, 0.3) is 0 Å². The summed E-state index contributed by atoms with van der Waals surface area (Å²) in [5.41, 5.74) is 0.523. The van der Waals surface area contributed by atoms with Crippen LogP contribution < -0.4 is 24.8 Å². The lowest BCUT2D eigenvalue weighted by Crippen LogP contribution is -2.37. The molecule has 150 valence electrons. The van der Waals surface area contributed by atoms with Gasteiger partial charge in [-0.1, -0.05) is 0 Å². The van der Waals surface area contributed by atoms with E-state index in [2.05, 4.69) is 20.4 Å². The van der Waals surface area contributed by atoms with Crippen molar-refractivity contribution in [3.63, 3.8) is 0 Å². The molecule has 1 saturated carbocycles. The van der Waals surface area contributed by atoms with Gasteiger partial charge >= 0.3 is 6.61 Å². The number of fused-ring (bicyclic) bond motifs is 1. The Balaban J connectivity index is 1.46. The summed E-state index contributed by atoms with van der Waals surface area (Å²) in [4.78, 5) is 4.13. The Kier molecular flexibility index (Phi) is 6.92. The van der Waals surface area contributed by atoms with E-state index in [4.69, 9.17) is 14.2 Å². The van der Waals surface area contributed by atoms with Gasteiger partial charge < -0.3 is 29.6 Å². The Morgan fingerprint density at radius 1 is 1.26 bits per heavy atom. The SMILES string of the molecule is CN=C(NCCCOCC1CC1)NCc1cc2c(cc1OC(F)F)OCO2. The summed E-state index contributed by atoms with van der Waals surface area (Å²) in [6.45, 7) is -0.356. The lowest BCUT2D eigenvalue weighted by atomic mass is 10.1. The number of hydrogen-bond donors (Lipinski definition) is 2. The second-order valence-electron chi connectivity index (χ2n) is 6.42. The zero-order valence-electron chi connectivity index (χ0n) is 15.3. The minimum Gasteiger partial charge on any atom is -0.454 e. The highest BCUT2D eigenvalue weighted by Crippen LogP contribution is 2.38. The number of nitrogens with zero attached hydrogens (tertiary/aromatic N) is 1.